The number of amides is 2. The molecule has 172 valence electrons. The number of benzene rings is 3. The molecule has 1 aliphatic rings. The van der Waals surface area contributed by atoms with Crippen molar-refractivity contribution < 1.29 is 14.3 Å². The highest BCUT2D eigenvalue weighted by atomic mass is 16.7. The Kier molecular flexibility index (Phi) is 7.15. The van der Waals surface area contributed by atoms with Crippen LogP contribution in [0.1, 0.15) is 28.3 Å². The van der Waals surface area contributed by atoms with E-state index in [1.54, 1.807) is 0 Å². The van der Waals surface area contributed by atoms with Crippen LogP contribution in [0.3, 0.4) is 0 Å². The van der Waals surface area contributed by atoms with Gasteiger partial charge in [-0.15, -0.1) is 0 Å². The van der Waals surface area contributed by atoms with Crippen LogP contribution in [0.15, 0.2) is 72.8 Å². The first kappa shape index (κ1) is 22.7. The third-order valence-electron chi connectivity index (χ3n) is 6.15. The fourth-order valence-electron chi connectivity index (χ4n) is 4.42. The Bertz CT molecular complexity index is 1080. The van der Waals surface area contributed by atoms with Gasteiger partial charge in [-0.3, -0.25) is 0 Å². The predicted molar refractivity (Wildman–Crippen MR) is 129 cm³/mol. The molecule has 1 aliphatic heterocycles. The molecular formula is C27H31N3O3. The topological polar surface area (TPSA) is 76.8 Å². The largest absolute Gasteiger partial charge is 0.454 e. The van der Waals surface area contributed by atoms with Crippen LogP contribution in [0.4, 0.5) is 4.79 Å². The highest BCUT2D eigenvalue weighted by Gasteiger charge is 2.24. The number of primary amides is 1. The number of rotatable bonds is 9. The van der Waals surface area contributed by atoms with Gasteiger partial charge in [-0.05, 0) is 61.7 Å². The van der Waals surface area contributed by atoms with Crippen molar-refractivity contribution in [3.8, 4) is 11.5 Å². The van der Waals surface area contributed by atoms with Crippen LogP contribution < -0.4 is 20.5 Å². The van der Waals surface area contributed by atoms with E-state index >= 15 is 0 Å². The van der Waals surface area contributed by atoms with Gasteiger partial charge in [-0.2, -0.15) is 0 Å². The molecule has 0 spiro atoms. The normalized spacial score (nSPS) is 14.2. The van der Waals surface area contributed by atoms with Crippen LogP contribution in [0.25, 0.3) is 0 Å². The Morgan fingerprint density at radius 3 is 2.36 bits per heavy atom. The zero-order valence-electron chi connectivity index (χ0n) is 19.2. The zero-order valence-corrected chi connectivity index (χ0v) is 19.2. The molecule has 0 bridgehead atoms. The van der Waals surface area contributed by atoms with Gasteiger partial charge in [0.25, 0.3) is 0 Å². The predicted octanol–water partition coefficient (Wildman–Crippen LogP) is 4.08. The molecule has 3 N–H and O–H groups in total. The number of carbonyl (C=O) groups excluding carboxylic acids is 1. The molecule has 0 radical (unpaired) electrons. The van der Waals surface area contributed by atoms with Gasteiger partial charge >= 0.3 is 6.03 Å². The molecule has 0 aromatic heterocycles. The van der Waals surface area contributed by atoms with Crippen LogP contribution in [0.5, 0.6) is 11.5 Å². The number of hydrogen-bond acceptors (Lipinski definition) is 4. The third kappa shape index (κ3) is 5.65. The smallest absolute Gasteiger partial charge is 0.312 e. The monoisotopic (exact) mass is 445 g/mol. The van der Waals surface area contributed by atoms with Crippen molar-refractivity contribution in [1.29, 1.82) is 0 Å². The maximum Gasteiger partial charge on any atom is 0.312 e. The number of ether oxygens (including phenoxy) is 2. The van der Waals surface area contributed by atoms with Crippen LogP contribution in [0.2, 0.25) is 0 Å². The molecule has 1 heterocycles. The van der Waals surface area contributed by atoms with E-state index in [0.29, 0.717) is 6.42 Å². The van der Waals surface area contributed by atoms with E-state index in [9.17, 15) is 4.79 Å². The van der Waals surface area contributed by atoms with Gasteiger partial charge in [0.1, 0.15) is 0 Å². The summed E-state index contributed by atoms with van der Waals surface area (Å²) in [5, 5.41) is 2.96. The minimum absolute atomic E-state index is 0.207. The second-order valence-electron chi connectivity index (χ2n) is 8.63. The molecule has 3 aromatic carbocycles. The molecule has 0 aliphatic carbocycles. The highest BCUT2D eigenvalue weighted by molar-refractivity contribution is 5.72. The Hall–Kier alpha value is -3.51. The van der Waals surface area contributed by atoms with Crippen LogP contribution >= 0.6 is 0 Å². The first-order chi connectivity index (χ1) is 16.0. The maximum atomic E-state index is 11.8. The fraction of sp³-hybridized carbons (Fsp3) is 0.296. The second kappa shape index (κ2) is 10.4. The number of likely N-dealkylation sites (N-methyl/N-ethyl adjacent to an activating group) is 1. The van der Waals surface area contributed by atoms with E-state index in [0.717, 1.165) is 41.0 Å². The number of carbonyl (C=O) groups is 1. The Morgan fingerprint density at radius 2 is 1.61 bits per heavy atom. The minimum Gasteiger partial charge on any atom is -0.454 e. The lowest BCUT2D eigenvalue weighted by Crippen LogP contribution is -2.36. The molecule has 2 amide bonds. The number of hydrogen-bond donors (Lipinski definition) is 2. The lowest BCUT2D eigenvalue weighted by Gasteiger charge is -2.28. The second-order valence-corrected chi connectivity index (χ2v) is 8.63. The number of nitrogens with one attached hydrogen (secondary N) is 1. The minimum atomic E-state index is -0.521. The standard InChI is InChI=1S/C27H31N3O3/c1-30(2)22(17-21-12-8-14-25-26(21)33-18-32-25)16-20-11-6-7-13-23(20)24(29-27(28)31)15-19-9-4-3-5-10-19/h3-14,22,24H,15-18H2,1-2H3,(H3,28,29,31). The zero-order chi connectivity index (χ0) is 23.2. The quantitative estimate of drug-likeness (QED) is 0.520. The summed E-state index contributed by atoms with van der Waals surface area (Å²) in [4.78, 5) is 14.1. The summed E-state index contributed by atoms with van der Waals surface area (Å²) >= 11 is 0. The van der Waals surface area contributed by atoms with Crippen molar-refractivity contribution in [3.05, 3.63) is 95.1 Å². The van der Waals surface area contributed by atoms with Gasteiger partial charge < -0.3 is 25.4 Å². The summed E-state index contributed by atoms with van der Waals surface area (Å²) in [7, 11) is 4.19. The first-order valence-corrected chi connectivity index (χ1v) is 11.2. The van der Waals surface area contributed by atoms with Gasteiger partial charge in [0.2, 0.25) is 6.79 Å². The lowest BCUT2D eigenvalue weighted by atomic mass is 9.90. The number of nitrogens with two attached hydrogens (primary N) is 1. The van der Waals surface area contributed by atoms with E-state index in [1.807, 2.05) is 42.5 Å². The average Bonchev–Trinajstić information content (AvgIpc) is 3.29. The highest BCUT2D eigenvalue weighted by Crippen LogP contribution is 2.36. The summed E-state index contributed by atoms with van der Waals surface area (Å²) in [5.41, 5.74) is 10.1. The average molecular weight is 446 g/mol. The van der Waals surface area contributed by atoms with Gasteiger partial charge in [0.15, 0.2) is 11.5 Å². The Balaban J connectivity index is 1.60. The molecule has 0 saturated carbocycles. The van der Waals surface area contributed by atoms with Crippen LogP contribution in [-0.4, -0.2) is 37.9 Å². The van der Waals surface area contributed by atoms with E-state index in [4.69, 9.17) is 15.2 Å². The molecule has 6 nitrogen and oxygen atoms in total. The van der Waals surface area contributed by atoms with E-state index in [1.165, 1.54) is 5.56 Å². The van der Waals surface area contributed by atoms with Gasteiger partial charge in [0.05, 0.1) is 6.04 Å². The summed E-state index contributed by atoms with van der Waals surface area (Å²) < 4.78 is 11.3. The van der Waals surface area contributed by atoms with Crippen LogP contribution in [-0.2, 0) is 19.3 Å². The summed E-state index contributed by atoms with van der Waals surface area (Å²) in [6, 6.07) is 24.0. The van der Waals surface area contributed by atoms with Crippen molar-refractivity contribution in [2.75, 3.05) is 20.9 Å². The summed E-state index contributed by atoms with van der Waals surface area (Å²) in [6.07, 6.45) is 2.31. The van der Waals surface area contributed by atoms with Crippen LogP contribution in [0, 0.1) is 0 Å². The van der Waals surface area contributed by atoms with Crippen molar-refractivity contribution in [2.45, 2.75) is 31.3 Å². The molecular weight excluding hydrogens is 414 g/mol. The SMILES string of the molecule is CN(C)C(Cc1ccccc1C(Cc1ccccc1)NC(N)=O)Cc1cccc2c1OCO2. The molecule has 33 heavy (non-hydrogen) atoms. The van der Waals surface area contributed by atoms with E-state index < -0.39 is 6.03 Å². The molecule has 6 heteroatoms. The number of nitrogens with zero attached hydrogens (tertiary/aromatic N) is 1. The van der Waals surface area contributed by atoms with Gasteiger partial charge in [-0.25, -0.2) is 4.79 Å². The van der Waals surface area contributed by atoms with Crippen molar-refractivity contribution in [3.63, 3.8) is 0 Å². The number of para-hydroxylation sites is 1. The summed E-state index contributed by atoms with van der Waals surface area (Å²) in [6.45, 7) is 0.266. The molecule has 0 saturated heterocycles. The maximum absolute atomic E-state index is 11.8. The Labute approximate surface area is 195 Å². The lowest BCUT2D eigenvalue weighted by molar-refractivity contribution is 0.172. The number of fused-ring (bicyclic) bond motifs is 1. The van der Waals surface area contributed by atoms with E-state index in [-0.39, 0.29) is 18.9 Å². The van der Waals surface area contributed by atoms with Crippen molar-refractivity contribution >= 4 is 6.03 Å². The Morgan fingerprint density at radius 1 is 0.909 bits per heavy atom. The van der Waals surface area contributed by atoms with Crippen molar-refractivity contribution in [1.82, 2.24) is 10.2 Å². The third-order valence-corrected chi connectivity index (χ3v) is 6.15. The first-order valence-electron chi connectivity index (χ1n) is 11.2. The number of urea groups is 1. The molecule has 2 atom stereocenters. The summed E-state index contributed by atoms with van der Waals surface area (Å²) in [5.74, 6) is 1.65. The fourth-order valence-corrected chi connectivity index (χ4v) is 4.42. The molecule has 2 unspecified atom stereocenters. The van der Waals surface area contributed by atoms with Gasteiger partial charge in [0, 0.05) is 6.04 Å². The molecule has 4 rings (SSSR count). The molecule has 0 fully saturated rings. The van der Waals surface area contributed by atoms with Crippen molar-refractivity contribution in [2.24, 2.45) is 5.73 Å². The van der Waals surface area contributed by atoms with E-state index in [2.05, 4.69) is 54.6 Å². The van der Waals surface area contributed by atoms with Gasteiger partial charge in [-0.1, -0.05) is 66.7 Å². The molecule has 3 aromatic rings.